The summed E-state index contributed by atoms with van der Waals surface area (Å²) in [6, 6.07) is 28.6. The summed E-state index contributed by atoms with van der Waals surface area (Å²) in [4.78, 5) is 12.7. The van der Waals surface area contributed by atoms with Crippen LogP contribution in [0, 0.1) is 11.3 Å². The van der Waals surface area contributed by atoms with Gasteiger partial charge in [-0.1, -0.05) is 65.1 Å². The summed E-state index contributed by atoms with van der Waals surface area (Å²) in [6.07, 6.45) is 1.46. The van der Waals surface area contributed by atoms with Gasteiger partial charge in [-0.2, -0.15) is 5.26 Å². The van der Waals surface area contributed by atoms with E-state index in [0.717, 1.165) is 11.1 Å². The molecule has 1 N–H and O–H groups in total. The maximum absolute atomic E-state index is 12.7. The van der Waals surface area contributed by atoms with Crippen LogP contribution in [0.3, 0.4) is 0 Å². The lowest BCUT2D eigenvalue weighted by atomic mass is 10.1. The van der Waals surface area contributed by atoms with Gasteiger partial charge in [-0.25, -0.2) is 0 Å². The van der Waals surface area contributed by atoms with E-state index in [0.29, 0.717) is 51.0 Å². The summed E-state index contributed by atoms with van der Waals surface area (Å²) >= 11 is 18.3. The summed E-state index contributed by atoms with van der Waals surface area (Å²) in [7, 11) is 0. The van der Waals surface area contributed by atoms with Crippen LogP contribution in [0.5, 0.6) is 11.5 Å². The number of carbonyl (C=O) groups is 1. The Bertz CT molecular complexity index is 1490. The van der Waals surface area contributed by atoms with E-state index < -0.39 is 5.91 Å². The third-order valence-electron chi connectivity index (χ3n) is 5.35. The predicted octanol–water partition coefficient (Wildman–Crippen LogP) is 8.35. The van der Waals surface area contributed by atoms with Crippen molar-refractivity contribution >= 4 is 52.5 Å². The van der Waals surface area contributed by atoms with E-state index in [1.165, 1.54) is 6.08 Å². The lowest BCUT2D eigenvalue weighted by molar-refractivity contribution is -0.112. The minimum absolute atomic E-state index is 0.0725. The smallest absolute Gasteiger partial charge is 0.266 e. The lowest BCUT2D eigenvalue weighted by Gasteiger charge is -2.10. The highest BCUT2D eigenvalue weighted by Gasteiger charge is 2.11. The molecule has 190 valence electrons. The molecule has 4 rings (SSSR count). The van der Waals surface area contributed by atoms with Crippen LogP contribution in [0.1, 0.15) is 16.7 Å². The number of carbonyl (C=O) groups excluding carboxylic acids is 1. The zero-order valence-electron chi connectivity index (χ0n) is 20.0. The highest BCUT2D eigenvalue weighted by Crippen LogP contribution is 2.28. The van der Waals surface area contributed by atoms with Gasteiger partial charge < -0.3 is 14.8 Å². The maximum atomic E-state index is 12.7. The zero-order valence-corrected chi connectivity index (χ0v) is 22.2. The molecule has 8 heteroatoms. The number of anilines is 1. The Balaban J connectivity index is 1.35. The van der Waals surface area contributed by atoms with E-state index in [-0.39, 0.29) is 5.57 Å². The van der Waals surface area contributed by atoms with Gasteiger partial charge in [-0.3, -0.25) is 4.79 Å². The third-order valence-corrected chi connectivity index (χ3v) is 6.13. The quantitative estimate of drug-likeness (QED) is 0.164. The molecule has 0 atom stereocenters. The number of nitriles is 1. The van der Waals surface area contributed by atoms with E-state index in [9.17, 15) is 10.1 Å². The fourth-order valence-electron chi connectivity index (χ4n) is 3.41. The molecule has 4 aromatic rings. The molecule has 0 heterocycles. The van der Waals surface area contributed by atoms with Crippen molar-refractivity contribution in [1.82, 2.24) is 0 Å². The first-order chi connectivity index (χ1) is 18.4. The fraction of sp³-hybridized carbons (Fsp3) is 0.0667. The van der Waals surface area contributed by atoms with Crippen LogP contribution in [-0.2, 0) is 18.0 Å². The summed E-state index contributed by atoms with van der Waals surface area (Å²) in [5.74, 6) is 0.575. The van der Waals surface area contributed by atoms with Crippen molar-refractivity contribution in [3.63, 3.8) is 0 Å². The molecule has 0 radical (unpaired) electrons. The first-order valence-electron chi connectivity index (χ1n) is 11.5. The number of hydrogen-bond acceptors (Lipinski definition) is 4. The molecular formula is C30H21Cl3N2O3. The first-order valence-corrected chi connectivity index (χ1v) is 12.6. The van der Waals surface area contributed by atoms with E-state index in [1.54, 1.807) is 60.7 Å². The predicted molar refractivity (Wildman–Crippen MR) is 152 cm³/mol. The molecule has 0 unspecified atom stereocenters. The average Bonchev–Trinajstić information content (AvgIpc) is 2.91. The Morgan fingerprint density at radius 3 is 2.24 bits per heavy atom. The molecule has 0 bridgehead atoms. The normalized spacial score (nSPS) is 10.9. The van der Waals surface area contributed by atoms with E-state index in [2.05, 4.69) is 5.32 Å². The molecule has 4 aromatic carbocycles. The molecular weight excluding hydrogens is 543 g/mol. The Kier molecular flexibility index (Phi) is 9.29. The number of nitrogens with zero attached hydrogens (tertiary/aromatic N) is 1. The molecule has 0 aliphatic carbocycles. The van der Waals surface area contributed by atoms with Crippen LogP contribution in [0.4, 0.5) is 5.69 Å². The van der Waals surface area contributed by atoms with E-state index >= 15 is 0 Å². The summed E-state index contributed by atoms with van der Waals surface area (Å²) in [5, 5.41) is 13.9. The molecule has 0 aliphatic heterocycles. The summed E-state index contributed by atoms with van der Waals surface area (Å²) in [5.41, 5.74) is 2.93. The second kappa shape index (κ2) is 13.0. The van der Waals surface area contributed by atoms with Gasteiger partial charge in [0.1, 0.15) is 36.4 Å². The van der Waals surface area contributed by atoms with Crippen molar-refractivity contribution in [1.29, 1.82) is 5.26 Å². The molecule has 0 aromatic heterocycles. The number of hydrogen-bond donors (Lipinski definition) is 1. The highest BCUT2D eigenvalue weighted by atomic mass is 35.5. The number of benzene rings is 4. The van der Waals surface area contributed by atoms with Crippen LogP contribution in [0.25, 0.3) is 6.08 Å². The molecule has 0 saturated carbocycles. The van der Waals surface area contributed by atoms with E-state index in [4.69, 9.17) is 44.3 Å². The number of amides is 1. The third kappa shape index (κ3) is 7.77. The first kappa shape index (κ1) is 27.1. The Labute approximate surface area is 235 Å². The van der Waals surface area contributed by atoms with Crippen LogP contribution < -0.4 is 14.8 Å². The van der Waals surface area contributed by atoms with Gasteiger partial charge in [0, 0.05) is 15.7 Å². The average molecular weight is 564 g/mol. The van der Waals surface area contributed by atoms with Gasteiger partial charge in [0.25, 0.3) is 5.91 Å². The van der Waals surface area contributed by atoms with Gasteiger partial charge in [0.05, 0.1) is 5.02 Å². The van der Waals surface area contributed by atoms with Gasteiger partial charge in [-0.05, 0) is 83.4 Å². The van der Waals surface area contributed by atoms with Crippen molar-refractivity contribution in [2.24, 2.45) is 0 Å². The molecule has 5 nitrogen and oxygen atoms in total. The van der Waals surface area contributed by atoms with Gasteiger partial charge in [0.15, 0.2) is 0 Å². The van der Waals surface area contributed by atoms with Gasteiger partial charge in [-0.15, -0.1) is 0 Å². The van der Waals surface area contributed by atoms with E-state index in [1.807, 2.05) is 36.4 Å². The van der Waals surface area contributed by atoms with Crippen molar-refractivity contribution in [3.05, 3.63) is 128 Å². The van der Waals surface area contributed by atoms with Crippen LogP contribution in [0.15, 0.2) is 96.6 Å². The number of halogens is 3. The van der Waals surface area contributed by atoms with Crippen molar-refractivity contribution in [2.45, 2.75) is 13.2 Å². The van der Waals surface area contributed by atoms with Gasteiger partial charge >= 0.3 is 0 Å². The minimum atomic E-state index is -0.542. The fourth-order valence-corrected chi connectivity index (χ4v) is 3.99. The SMILES string of the molecule is N#C/C(=C\c1ccc(OCc2cccc(Cl)c2)c(Cl)c1)C(=O)Nc1ccc(OCc2ccc(Cl)cc2)cc1. The number of nitrogens with one attached hydrogen (secondary N) is 1. The summed E-state index contributed by atoms with van der Waals surface area (Å²) < 4.78 is 11.5. The largest absolute Gasteiger partial charge is 0.489 e. The van der Waals surface area contributed by atoms with Crippen LogP contribution >= 0.6 is 34.8 Å². The van der Waals surface area contributed by atoms with Crippen molar-refractivity contribution in [2.75, 3.05) is 5.32 Å². The molecule has 0 saturated heterocycles. The molecule has 0 spiro atoms. The molecule has 0 aliphatic rings. The van der Waals surface area contributed by atoms with Gasteiger partial charge in [0.2, 0.25) is 0 Å². The second-order valence-corrected chi connectivity index (χ2v) is 9.45. The molecule has 0 fully saturated rings. The standard InChI is InChI=1S/C30H21Cl3N2O3/c31-24-7-4-20(5-8-24)18-37-27-11-9-26(10-12-27)35-30(36)23(17-34)14-21-6-13-29(28(33)16-21)38-19-22-2-1-3-25(32)15-22/h1-16H,18-19H2,(H,35,36)/b23-14+. The van der Waals surface area contributed by atoms with Crippen LogP contribution in [0.2, 0.25) is 15.1 Å². The number of ether oxygens (including phenoxy) is 2. The molecule has 38 heavy (non-hydrogen) atoms. The van der Waals surface area contributed by atoms with Crippen molar-refractivity contribution in [3.8, 4) is 17.6 Å². The van der Waals surface area contributed by atoms with Crippen molar-refractivity contribution < 1.29 is 14.3 Å². The Morgan fingerprint density at radius 2 is 1.55 bits per heavy atom. The Morgan fingerprint density at radius 1 is 0.816 bits per heavy atom. The molecule has 1 amide bonds. The summed E-state index contributed by atoms with van der Waals surface area (Å²) in [6.45, 7) is 0.684. The highest BCUT2D eigenvalue weighted by molar-refractivity contribution is 6.32. The van der Waals surface area contributed by atoms with Crippen LogP contribution in [-0.4, -0.2) is 5.91 Å². The second-order valence-electron chi connectivity index (χ2n) is 8.17. The minimum Gasteiger partial charge on any atom is -0.489 e. The Hall–Kier alpha value is -3.95. The topological polar surface area (TPSA) is 71.3 Å². The lowest BCUT2D eigenvalue weighted by Crippen LogP contribution is -2.13. The monoisotopic (exact) mass is 562 g/mol. The number of rotatable bonds is 9. The maximum Gasteiger partial charge on any atom is 0.266 e. The zero-order chi connectivity index (χ0) is 26.9.